The molecular formula is C15H14FNO2. The van der Waals surface area contributed by atoms with Gasteiger partial charge in [0.05, 0.1) is 13.3 Å². The third-order valence-corrected chi connectivity index (χ3v) is 2.58. The quantitative estimate of drug-likeness (QED) is 0.608. The van der Waals surface area contributed by atoms with Crippen molar-refractivity contribution in [3.05, 3.63) is 65.5 Å². The molecule has 0 amide bonds. The minimum Gasteiger partial charge on any atom is -0.496 e. The van der Waals surface area contributed by atoms with Crippen LogP contribution in [-0.4, -0.2) is 13.3 Å². The SMILES string of the molecule is COc1ccccc1C=NOCc1ccccc1F. The van der Waals surface area contributed by atoms with E-state index in [1.54, 1.807) is 31.5 Å². The number of nitrogens with zero attached hydrogens (tertiary/aromatic N) is 1. The normalized spacial score (nSPS) is 10.6. The van der Waals surface area contributed by atoms with Gasteiger partial charge < -0.3 is 9.57 Å². The lowest BCUT2D eigenvalue weighted by Gasteiger charge is -2.03. The fraction of sp³-hybridized carbons (Fsp3) is 0.133. The Morgan fingerprint density at radius 2 is 1.84 bits per heavy atom. The van der Waals surface area contributed by atoms with Crippen molar-refractivity contribution in [2.24, 2.45) is 5.16 Å². The van der Waals surface area contributed by atoms with Gasteiger partial charge in [-0.2, -0.15) is 0 Å². The van der Waals surface area contributed by atoms with Crippen LogP contribution in [0.1, 0.15) is 11.1 Å². The molecule has 0 heterocycles. The Kier molecular flexibility index (Phi) is 4.50. The number of rotatable bonds is 5. The Bertz CT molecular complexity index is 570. The highest BCUT2D eigenvalue weighted by Crippen LogP contribution is 2.15. The van der Waals surface area contributed by atoms with E-state index in [1.165, 1.54) is 6.07 Å². The third kappa shape index (κ3) is 3.55. The van der Waals surface area contributed by atoms with Crippen LogP contribution in [0.25, 0.3) is 0 Å². The molecule has 0 unspecified atom stereocenters. The predicted octanol–water partition coefficient (Wildman–Crippen LogP) is 3.39. The number of benzene rings is 2. The van der Waals surface area contributed by atoms with Crippen LogP contribution in [-0.2, 0) is 11.4 Å². The van der Waals surface area contributed by atoms with E-state index in [1.807, 2.05) is 24.3 Å². The highest BCUT2D eigenvalue weighted by molar-refractivity contribution is 5.82. The first-order valence-corrected chi connectivity index (χ1v) is 5.83. The fourth-order valence-electron chi connectivity index (χ4n) is 1.59. The zero-order valence-electron chi connectivity index (χ0n) is 10.5. The Balaban J connectivity index is 1.96. The van der Waals surface area contributed by atoms with E-state index in [-0.39, 0.29) is 12.4 Å². The van der Waals surface area contributed by atoms with E-state index >= 15 is 0 Å². The van der Waals surface area contributed by atoms with Gasteiger partial charge in [0.1, 0.15) is 18.2 Å². The molecule has 2 aromatic carbocycles. The van der Waals surface area contributed by atoms with Crippen LogP contribution in [0.5, 0.6) is 5.75 Å². The second-order valence-corrected chi connectivity index (χ2v) is 3.84. The standard InChI is InChI=1S/C15H14FNO2/c1-18-15-9-5-3-6-12(15)10-17-19-11-13-7-2-4-8-14(13)16/h2-10H,11H2,1H3. The summed E-state index contributed by atoms with van der Waals surface area (Å²) in [6.45, 7) is 0.0956. The van der Waals surface area contributed by atoms with Crippen molar-refractivity contribution < 1.29 is 14.0 Å². The molecule has 0 saturated heterocycles. The summed E-state index contributed by atoms with van der Waals surface area (Å²) in [6.07, 6.45) is 1.54. The van der Waals surface area contributed by atoms with Crippen LogP contribution in [0.4, 0.5) is 4.39 Å². The maximum Gasteiger partial charge on any atom is 0.145 e. The molecule has 0 aliphatic heterocycles. The molecule has 0 N–H and O–H groups in total. The van der Waals surface area contributed by atoms with Gasteiger partial charge in [-0.15, -0.1) is 0 Å². The molecule has 98 valence electrons. The monoisotopic (exact) mass is 259 g/mol. The predicted molar refractivity (Wildman–Crippen MR) is 71.8 cm³/mol. The zero-order chi connectivity index (χ0) is 13.5. The van der Waals surface area contributed by atoms with E-state index in [0.29, 0.717) is 11.3 Å². The molecule has 19 heavy (non-hydrogen) atoms. The van der Waals surface area contributed by atoms with Crippen molar-refractivity contribution >= 4 is 6.21 Å². The number of halogens is 1. The van der Waals surface area contributed by atoms with Crippen molar-refractivity contribution in [3.63, 3.8) is 0 Å². The molecule has 2 rings (SSSR count). The Morgan fingerprint density at radius 3 is 2.63 bits per heavy atom. The molecule has 0 fully saturated rings. The van der Waals surface area contributed by atoms with Crippen LogP contribution >= 0.6 is 0 Å². The average Bonchev–Trinajstić information content (AvgIpc) is 2.45. The highest BCUT2D eigenvalue weighted by atomic mass is 19.1. The molecule has 0 aliphatic carbocycles. The summed E-state index contributed by atoms with van der Waals surface area (Å²) in [4.78, 5) is 5.08. The van der Waals surface area contributed by atoms with Crippen LogP contribution < -0.4 is 4.74 Å². The van der Waals surface area contributed by atoms with Crippen molar-refractivity contribution in [1.82, 2.24) is 0 Å². The first-order chi connectivity index (χ1) is 9.31. The second kappa shape index (κ2) is 6.54. The van der Waals surface area contributed by atoms with Gasteiger partial charge in [-0.25, -0.2) is 4.39 Å². The topological polar surface area (TPSA) is 30.8 Å². The number of para-hydroxylation sites is 1. The first-order valence-electron chi connectivity index (χ1n) is 5.83. The molecule has 0 radical (unpaired) electrons. The van der Waals surface area contributed by atoms with Gasteiger partial charge in [-0.1, -0.05) is 35.5 Å². The maximum atomic E-state index is 13.3. The van der Waals surface area contributed by atoms with Crippen LogP contribution in [0.2, 0.25) is 0 Å². The number of oxime groups is 1. The Morgan fingerprint density at radius 1 is 1.11 bits per heavy atom. The molecule has 3 nitrogen and oxygen atoms in total. The Labute approximate surface area is 111 Å². The molecule has 4 heteroatoms. The average molecular weight is 259 g/mol. The molecule has 0 saturated carbocycles. The van der Waals surface area contributed by atoms with Gasteiger partial charge in [0, 0.05) is 11.1 Å². The van der Waals surface area contributed by atoms with E-state index in [4.69, 9.17) is 9.57 Å². The minimum atomic E-state index is -0.296. The summed E-state index contributed by atoms with van der Waals surface area (Å²) >= 11 is 0. The van der Waals surface area contributed by atoms with Gasteiger partial charge >= 0.3 is 0 Å². The van der Waals surface area contributed by atoms with E-state index in [2.05, 4.69) is 5.16 Å². The largest absolute Gasteiger partial charge is 0.496 e. The van der Waals surface area contributed by atoms with Crippen LogP contribution in [0, 0.1) is 5.82 Å². The summed E-state index contributed by atoms with van der Waals surface area (Å²) in [6, 6.07) is 13.9. The van der Waals surface area contributed by atoms with Crippen molar-refractivity contribution in [1.29, 1.82) is 0 Å². The zero-order valence-corrected chi connectivity index (χ0v) is 10.5. The van der Waals surface area contributed by atoms with Gasteiger partial charge in [0.2, 0.25) is 0 Å². The molecule has 0 spiro atoms. The molecule has 0 aromatic heterocycles. The lowest BCUT2D eigenvalue weighted by atomic mass is 10.2. The van der Waals surface area contributed by atoms with Crippen molar-refractivity contribution in [2.45, 2.75) is 6.61 Å². The van der Waals surface area contributed by atoms with E-state index in [9.17, 15) is 4.39 Å². The first kappa shape index (κ1) is 13.1. The van der Waals surface area contributed by atoms with Gasteiger partial charge in [0.25, 0.3) is 0 Å². The molecule has 2 aromatic rings. The van der Waals surface area contributed by atoms with E-state index in [0.717, 1.165) is 5.56 Å². The molecule has 0 bridgehead atoms. The van der Waals surface area contributed by atoms with Crippen molar-refractivity contribution in [2.75, 3.05) is 7.11 Å². The van der Waals surface area contributed by atoms with Crippen LogP contribution in [0.3, 0.4) is 0 Å². The minimum absolute atomic E-state index is 0.0956. The lowest BCUT2D eigenvalue weighted by molar-refractivity contribution is 0.129. The third-order valence-electron chi connectivity index (χ3n) is 2.58. The second-order valence-electron chi connectivity index (χ2n) is 3.84. The highest BCUT2D eigenvalue weighted by Gasteiger charge is 2.00. The number of ether oxygens (including phenoxy) is 1. The lowest BCUT2D eigenvalue weighted by Crippen LogP contribution is -1.93. The summed E-state index contributed by atoms with van der Waals surface area (Å²) < 4.78 is 18.5. The van der Waals surface area contributed by atoms with Crippen LogP contribution in [0.15, 0.2) is 53.7 Å². The maximum absolute atomic E-state index is 13.3. The van der Waals surface area contributed by atoms with Crippen molar-refractivity contribution in [3.8, 4) is 5.75 Å². The smallest absolute Gasteiger partial charge is 0.145 e. The number of methoxy groups -OCH3 is 1. The van der Waals surface area contributed by atoms with Gasteiger partial charge in [-0.05, 0) is 18.2 Å². The Hall–Kier alpha value is -2.36. The van der Waals surface area contributed by atoms with Gasteiger partial charge in [0.15, 0.2) is 0 Å². The summed E-state index contributed by atoms with van der Waals surface area (Å²) in [5.41, 5.74) is 1.28. The fourth-order valence-corrected chi connectivity index (χ4v) is 1.59. The summed E-state index contributed by atoms with van der Waals surface area (Å²) in [5.74, 6) is 0.413. The summed E-state index contributed by atoms with van der Waals surface area (Å²) in [5, 5.41) is 3.81. The number of hydrogen-bond acceptors (Lipinski definition) is 3. The summed E-state index contributed by atoms with van der Waals surface area (Å²) in [7, 11) is 1.59. The molecule has 0 atom stereocenters. The van der Waals surface area contributed by atoms with E-state index < -0.39 is 0 Å². The molecular weight excluding hydrogens is 245 g/mol. The van der Waals surface area contributed by atoms with Gasteiger partial charge in [-0.3, -0.25) is 0 Å². The molecule has 0 aliphatic rings. The number of hydrogen-bond donors (Lipinski definition) is 0.